The first-order valence-electron chi connectivity index (χ1n) is 11.5. The van der Waals surface area contributed by atoms with Crippen molar-refractivity contribution in [3.8, 4) is 34.2 Å². The maximum absolute atomic E-state index is 6.57. The lowest BCUT2D eigenvalue weighted by molar-refractivity contribution is 0.656. The van der Waals surface area contributed by atoms with E-state index in [0.29, 0.717) is 33.8 Å². The smallest absolute Gasteiger partial charge is 0.227 e. The van der Waals surface area contributed by atoms with Crippen LogP contribution in [-0.4, -0.2) is 19.9 Å². The molecular formula is C30H17ClN4O. The molecule has 0 spiro atoms. The maximum atomic E-state index is 6.57. The Hall–Kier alpha value is -4.61. The van der Waals surface area contributed by atoms with Gasteiger partial charge in [-0.3, -0.25) is 0 Å². The van der Waals surface area contributed by atoms with Gasteiger partial charge < -0.3 is 4.42 Å². The van der Waals surface area contributed by atoms with E-state index in [1.54, 1.807) is 0 Å². The van der Waals surface area contributed by atoms with Crippen LogP contribution in [-0.2, 0) is 0 Å². The van der Waals surface area contributed by atoms with E-state index in [1.165, 1.54) is 0 Å². The molecule has 0 atom stereocenters. The number of para-hydroxylation sites is 1. The summed E-state index contributed by atoms with van der Waals surface area (Å²) in [6.45, 7) is 0. The van der Waals surface area contributed by atoms with E-state index in [-0.39, 0.29) is 0 Å². The number of fused-ring (bicyclic) bond motifs is 4. The predicted molar refractivity (Wildman–Crippen MR) is 144 cm³/mol. The Kier molecular flexibility index (Phi) is 4.76. The maximum Gasteiger partial charge on any atom is 0.227 e. The quantitative estimate of drug-likeness (QED) is 0.254. The number of hydrogen-bond donors (Lipinski definition) is 0. The highest BCUT2D eigenvalue weighted by molar-refractivity contribution is 6.32. The van der Waals surface area contributed by atoms with Gasteiger partial charge in [-0.05, 0) is 18.2 Å². The molecule has 0 N–H and O–H groups in total. The minimum atomic E-state index is 0.520. The van der Waals surface area contributed by atoms with Gasteiger partial charge in [-0.25, -0.2) is 19.9 Å². The van der Waals surface area contributed by atoms with E-state index >= 15 is 0 Å². The van der Waals surface area contributed by atoms with Crippen molar-refractivity contribution in [2.75, 3.05) is 0 Å². The predicted octanol–water partition coefficient (Wildman–Crippen LogP) is 7.97. The molecule has 3 aromatic heterocycles. The highest BCUT2D eigenvalue weighted by Crippen LogP contribution is 2.39. The molecule has 0 unspecified atom stereocenters. The van der Waals surface area contributed by atoms with Crippen LogP contribution in [0.2, 0.25) is 5.02 Å². The van der Waals surface area contributed by atoms with Gasteiger partial charge in [0.25, 0.3) is 0 Å². The van der Waals surface area contributed by atoms with Crippen molar-refractivity contribution in [2.24, 2.45) is 0 Å². The summed E-state index contributed by atoms with van der Waals surface area (Å²) in [6, 6.07) is 33.6. The van der Waals surface area contributed by atoms with E-state index in [1.807, 2.05) is 97.1 Å². The molecule has 0 amide bonds. The topological polar surface area (TPSA) is 64.7 Å². The van der Waals surface area contributed by atoms with Gasteiger partial charge in [0.05, 0.1) is 5.52 Å². The molecule has 0 fully saturated rings. The zero-order valence-electron chi connectivity index (χ0n) is 18.9. The van der Waals surface area contributed by atoms with E-state index in [9.17, 15) is 0 Å². The molecule has 3 heterocycles. The molecule has 0 aliphatic rings. The third kappa shape index (κ3) is 3.49. The molecule has 0 aliphatic carbocycles. The molecular weight excluding hydrogens is 468 g/mol. The number of rotatable bonds is 3. The Labute approximate surface area is 211 Å². The lowest BCUT2D eigenvalue weighted by Crippen LogP contribution is -2.00. The Bertz CT molecular complexity index is 1840. The fourth-order valence-electron chi connectivity index (χ4n) is 4.50. The Morgan fingerprint density at radius 1 is 0.583 bits per heavy atom. The van der Waals surface area contributed by atoms with E-state index in [4.69, 9.17) is 36.0 Å². The monoisotopic (exact) mass is 484 g/mol. The van der Waals surface area contributed by atoms with Crippen LogP contribution in [0, 0.1) is 0 Å². The second-order valence-electron chi connectivity index (χ2n) is 8.50. The summed E-state index contributed by atoms with van der Waals surface area (Å²) in [5.41, 5.74) is 4.63. The SMILES string of the molecule is Clc1cc(-c2nc(-c3ccccc3)nc(-c3ccccc3)n2)c2c(c1)oc1nc3ccccc3cc12. The average molecular weight is 485 g/mol. The summed E-state index contributed by atoms with van der Waals surface area (Å²) in [7, 11) is 0. The first kappa shape index (κ1) is 20.7. The Morgan fingerprint density at radius 2 is 1.19 bits per heavy atom. The van der Waals surface area contributed by atoms with E-state index in [0.717, 1.165) is 38.4 Å². The second-order valence-corrected chi connectivity index (χ2v) is 8.94. The van der Waals surface area contributed by atoms with Crippen molar-refractivity contribution in [3.63, 3.8) is 0 Å². The van der Waals surface area contributed by atoms with Crippen LogP contribution >= 0.6 is 11.6 Å². The van der Waals surface area contributed by atoms with Gasteiger partial charge in [0.15, 0.2) is 17.5 Å². The lowest BCUT2D eigenvalue weighted by Gasteiger charge is -2.09. The number of halogens is 1. The summed E-state index contributed by atoms with van der Waals surface area (Å²) >= 11 is 6.57. The van der Waals surface area contributed by atoms with Crippen LogP contribution in [0.3, 0.4) is 0 Å². The third-order valence-electron chi connectivity index (χ3n) is 6.17. The first-order chi connectivity index (χ1) is 17.7. The van der Waals surface area contributed by atoms with E-state index in [2.05, 4.69) is 6.07 Å². The standard InChI is InChI=1S/C30H17ClN4O/c31-21-16-22(26-23-15-20-13-7-8-14-24(20)32-30(23)36-25(26)17-21)29-34-27(18-9-3-1-4-10-18)33-28(35-29)19-11-5-2-6-12-19/h1-17H. The van der Waals surface area contributed by atoms with E-state index < -0.39 is 0 Å². The Morgan fingerprint density at radius 3 is 1.89 bits per heavy atom. The highest BCUT2D eigenvalue weighted by atomic mass is 35.5. The lowest BCUT2D eigenvalue weighted by atomic mass is 10.0. The van der Waals surface area contributed by atoms with Gasteiger partial charge in [0.2, 0.25) is 5.71 Å². The van der Waals surface area contributed by atoms with Crippen LogP contribution in [0.15, 0.2) is 108 Å². The summed E-state index contributed by atoms with van der Waals surface area (Å²) in [4.78, 5) is 19.3. The number of nitrogens with zero attached hydrogens (tertiary/aromatic N) is 4. The fraction of sp³-hybridized carbons (Fsp3) is 0. The molecule has 7 rings (SSSR count). The summed E-state index contributed by atoms with van der Waals surface area (Å²) in [6.07, 6.45) is 0. The van der Waals surface area contributed by atoms with Crippen LogP contribution < -0.4 is 0 Å². The molecule has 6 heteroatoms. The minimum absolute atomic E-state index is 0.520. The van der Waals surface area contributed by atoms with Crippen LogP contribution in [0.5, 0.6) is 0 Å². The third-order valence-corrected chi connectivity index (χ3v) is 6.39. The van der Waals surface area contributed by atoms with Crippen molar-refractivity contribution >= 4 is 44.6 Å². The molecule has 4 aromatic carbocycles. The number of furan rings is 1. The Balaban J connectivity index is 1.55. The number of pyridine rings is 1. The van der Waals surface area contributed by atoms with Crippen LogP contribution in [0.25, 0.3) is 67.1 Å². The first-order valence-corrected chi connectivity index (χ1v) is 11.9. The van der Waals surface area contributed by atoms with Crippen molar-refractivity contribution in [2.45, 2.75) is 0 Å². The normalized spacial score (nSPS) is 11.5. The number of benzene rings is 4. The fourth-order valence-corrected chi connectivity index (χ4v) is 4.71. The van der Waals surface area contributed by atoms with Gasteiger partial charge in [0, 0.05) is 43.9 Å². The molecule has 5 nitrogen and oxygen atoms in total. The second kappa shape index (κ2) is 8.26. The van der Waals surface area contributed by atoms with Crippen LogP contribution in [0.1, 0.15) is 0 Å². The van der Waals surface area contributed by atoms with Gasteiger partial charge in [-0.1, -0.05) is 90.5 Å². The van der Waals surface area contributed by atoms with Crippen LogP contribution in [0.4, 0.5) is 0 Å². The molecule has 36 heavy (non-hydrogen) atoms. The van der Waals surface area contributed by atoms with Crippen molar-refractivity contribution in [3.05, 3.63) is 108 Å². The molecule has 7 aromatic rings. The summed E-state index contributed by atoms with van der Waals surface area (Å²) in [5, 5.41) is 3.32. The number of aromatic nitrogens is 4. The number of hydrogen-bond acceptors (Lipinski definition) is 5. The average Bonchev–Trinajstić information content (AvgIpc) is 3.28. The zero-order chi connectivity index (χ0) is 24.1. The zero-order valence-corrected chi connectivity index (χ0v) is 19.6. The van der Waals surface area contributed by atoms with Gasteiger partial charge in [0.1, 0.15) is 5.58 Å². The molecule has 0 bridgehead atoms. The minimum Gasteiger partial charge on any atom is -0.438 e. The van der Waals surface area contributed by atoms with Crippen molar-refractivity contribution < 1.29 is 4.42 Å². The summed E-state index contributed by atoms with van der Waals surface area (Å²) < 4.78 is 6.17. The van der Waals surface area contributed by atoms with Gasteiger partial charge >= 0.3 is 0 Å². The molecule has 0 saturated heterocycles. The highest BCUT2D eigenvalue weighted by Gasteiger charge is 2.19. The van der Waals surface area contributed by atoms with Gasteiger partial charge in [-0.2, -0.15) is 0 Å². The van der Waals surface area contributed by atoms with Gasteiger partial charge in [-0.15, -0.1) is 0 Å². The summed E-state index contributed by atoms with van der Waals surface area (Å²) in [5.74, 6) is 1.69. The molecule has 0 saturated carbocycles. The molecule has 0 aliphatic heterocycles. The molecule has 170 valence electrons. The van der Waals surface area contributed by atoms with Crippen molar-refractivity contribution in [1.82, 2.24) is 19.9 Å². The molecule has 0 radical (unpaired) electrons. The van der Waals surface area contributed by atoms with Crippen molar-refractivity contribution in [1.29, 1.82) is 0 Å². The largest absolute Gasteiger partial charge is 0.438 e.